The first kappa shape index (κ1) is 23.5. The molecule has 0 saturated heterocycles. The number of anilines is 1. The van der Waals surface area contributed by atoms with Crippen LogP contribution in [0.1, 0.15) is 36.6 Å². The Hall–Kier alpha value is -2.74. The number of methoxy groups -OCH3 is 2. The summed E-state index contributed by atoms with van der Waals surface area (Å²) in [7, 11) is -0.590. The first-order chi connectivity index (χ1) is 14.0. The number of benzene rings is 2. The summed E-state index contributed by atoms with van der Waals surface area (Å²) < 4.78 is 36.9. The van der Waals surface area contributed by atoms with Gasteiger partial charge in [0.1, 0.15) is 6.04 Å². The second-order valence-electron chi connectivity index (χ2n) is 7.37. The largest absolute Gasteiger partial charge is 0.493 e. The number of carbonyl (C=O) groups excluding carboxylic acids is 1. The maximum Gasteiger partial charge on any atom is 0.244 e. The average molecular weight is 435 g/mol. The van der Waals surface area contributed by atoms with E-state index in [1.807, 2.05) is 39.0 Å². The molecule has 1 N–H and O–H groups in total. The van der Waals surface area contributed by atoms with E-state index in [4.69, 9.17) is 9.47 Å². The van der Waals surface area contributed by atoms with E-state index in [0.29, 0.717) is 17.2 Å². The standard InChI is InChI=1S/C22H30N2O5S/c1-14-8-9-15(2)19(12-14)24(30(7,26)27)17(4)22(25)23-16(3)18-10-11-20(28-5)21(13-18)29-6/h8-13,16-17H,1-7H3,(H,23,25)/t16-,17-/m1/s1. The monoisotopic (exact) mass is 434 g/mol. The molecule has 1 amide bonds. The summed E-state index contributed by atoms with van der Waals surface area (Å²) in [5.41, 5.74) is 3.00. The van der Waals surface area contributed by atoms with Crippen molar-refractivity contribution < 1.29 is 22.7 Å². The van der Waals surface area contributed by atoms with Crippen molar-refractivity contribution in [3.8, 4) is 11.5 Å². The van der Waals surface area contributed by atoms with E-state index < -0.39 is 22.0 Å². The number of amides is 1. The first-order valence-corrected chi connectivity index (χ1v) is 11.4. The van der Waals surface area contributed by atoms with Crippen LogP contribution in [0.4, 0.5) is 5.69 Å². The average Bonchev–Trinajstić information content (AvgIpc) is 2.68. The third-order valence-corrected chi connectivity index (χ3v) is 6.18. The summed E-state index contributed by atoms with van der Waals surface area (Å²) in [5.74, 6) is 0.743. The van der Waals surface area contributed by atoms with Crippen molar-refractivity contribution in [3.63, 3.8) is 0 Å². The smallest absolute Gasteiger partial charge is 0.244 e. The zero-order valence-electron chi connectivity index (χ0n) is 18.5. The van der Waals surface area contributed by atoms with Gasteiger partial charge in [0.05, 0.1) is 32.2 Å². The van der Waals surface area contributed by atoms with E-state index in [-0.39, 0.29) is 6.04 Å². The fourth-order valence-electron chi connectivity index (χ4n) is 3.28. The Kier molecular flexibility index (Phi) is 7.36. The minimum absolute atomic E-state index is 0.361. The lowest BCUT2D eigenvalue weighted by Crippen LogP contribution is -2.48. The number of hydrogen-bond acceptors (Lipinski definition) is 5. The lowest BCUT2D eigenvalue weighted by Gasteiger charge is -2.30. The molecule has 2 rings (SSSR count). The normalized spacial score (nSPS) is 13.3. The molecule has 0 radical (unpaired) electrons. The number of sulfonamides is 1. The number of ether oxygens (including phenoxy) is 2. The Morgan fingerprint density at radius 2 is 1.63 bits per heavy atom. The molecule has 0 heterocycles. The van der Waals surface area contributed by atoms with Crippen LogP contribution in [0.3, 0.4) is 0 Å². The molecule has 30 heavy (non-hydrogen) atoms. The predicted octanol–water partition coefficient (Wildman–Crippen LogP) is 3.35. The van der Waals surface area contributed by atoms with Gasteiger partial charge in [-0.3, -0.25) is 9.10 Å². The van der Waals surface area contributed by atoms with Gasteiger partial charge in [-0.25, -0.2) is 8.42 Å². The van der Waals surface area contributed by atoms with Crippen LogP contribution in [-0.4, -0.2) is 40.8 Å². The van der Waals surface area contributed by atoms with Crippen LogP contribution in [0.15, 0.2) is 36.4 Å². The minimum atomic E-state index is -3.69. The molecule has 0 aromatic heterocycles. The van der Waals surface area contributed by atoms with Gasteiger partial charge >= 0.3 is 0 Å². The van der Waals surface area contributed by atoms with Crippen molar-refractivity contribution >= 4 is 21.6 Å². The van der Waals surface area contributed by atoms with Crippen LogP contribution < -0.4 is 19.1 Å². The molecular weight excluding hydrogens is 404 g/mol. The van der Waals surface area contributed by atoms with E-state index in [9.17, 15) is 13.2 Å². The van der Waals surface area contributed by atoms with Gasteiger partial charge in [-0.15, -0.1) is 0 Å². The van der Waals surface area contributed by atoms with E-state index in [0.717, 1.165) is 22.9 Å². The molecule has 0 fully saturated rings. The lowest BCUT2D eigenvalue weighted by atomic mass is 10.1. The summed E-state index contributed by atoms with van der Waals surface area (Å²) in [5, 5.41) is 2.90. The molecule has 8 heteroatoms. The summed E-state index contributed by atoms with van der Waals surface area (Å²) in [6.45, 7) is 7.12. The molecular formula is C22H30N2O5S. The number of nitrogens with zero attached hydrogens (tertiary/aromatic N) is 1. The molecule has 0 aliphatic rings. The molecule has 0 spiro atoms. The summed E-state index contributed by atoms with van der Waals surface area (Å²) >= 11 is 0. The molecule has 2 atom stereocenters. The van der Waals surface area contributed by atoms with Gasteiger partial charge in [-0.1, -0.05) is 18.2 Å². The van der Waals surface area contributed by atoms with Crippen molar-refractivity contribution in [1.82, 2.24) is 5.32 Å². The van der Waals surface area contributed by atoms with Crippen molar-refractivity contribution in [2.75, 3.05) is 24.8 Å². The maximum atomic E-state index is 13.0. The number of carbonyl (C=O) groups is 1. The van der Waals surface area contributed by atoms with Crippen molar-refractivity contribution in [3.05, 3.63) is 53.1 Å². The second kappa shape index (κ2) is 9.38. The Morgan fingerprint density at radius 3 is 2.20 bits per heavy atom. The van der Waals surface area contributed by atoms with Crippen molar-refractivity contribution in [2.24, 2.45) is 0 Å². The van der Waals surface area contributed by atoms with Gasteiger partial charge in [0.25, 0.3) is 0 Å². The van der Waals surface area contributed by atoms with Crippen LogP contribution in [0.5, 0.6) is 11.5 Å². The molecule has 164 valence electrons. The highest BCUT2D eigenvalue weighted by molar-refractivity contribution is 7.92. The van der Waals surface area contributed by atoms with Crippen LogP contribution >= 0.6 is 0 Å². The van der Waals surface area contributed by atoms with Gasteiger partial charge < -0.3 is 14.8 Å². The van der Waals surface area contributed by atoms with Gasteiger partial charge in [-0.05, 0) is 62.6 Å². The molecule has 0 aliphatic carbocycles. The molecule has 2 aromatic carbocycles. The van der Waals surface area contributed by atoms with Gasteiger partial charge in [-0.2, -0.15) is 0 Å². The van der Waals surface area contributed by atoms with Crippen molar-refractivity contribution in [1.29, 1.82) is 0 Å². The van der Waals surface area contributed by atoms with Crippen LogP contribution in [0.2, 0.25) is 0 Å². The Labute approximate surface area is 179 Å². The van der Waals surface area contributed by atoms with E-state index in [1.54, 1.807) is 39.3 Å². The number of hydrogen-bond donors (Lipinski definition) is 1. The highest BCUT2D eigenvalue weighted by atomic mass is 32.2. The molecule has 0 unspecified atom stereocenters. The number of rotatable bonds is 8. The fourth-order valence-corrected chi connectivity index (χ4v) is 4.50. The quantitative estimate of drug-likeness (QED) is 0.689. The SMILES string of the molecule is COc1ccc([C@@H](C)NC(=O)[C@@H](C)N(c2cc(C)ccc2C)S(C)(=O)=O)cc1OC. The zero-order chi connectivity index (χ0) is 22.6. The topological polar surface area (TPSA) is 84.9 Å². The highest BCUT2D eigenvalue weighted by Gasteiger charge is 2.31. The predicted molar refractivity (Wildman–Crippen MR) is 119 cm³/mol. The molecule has 7 nitrogen and oxygen atoms in total. The second-order valence-corrected chi connectivity index (χ2v) is 9.23. The molecule has 2 aromatic rings. The van der Waals surface area contributed by atoms with Crippen LogP contribution in [0, 0.1) is 13.8 Å². The Balaban J connectivity index is 2.30. The lowest BCUT2D eigenvalue weighted by molar-refractivity contribution is -0.122. The van der Waals surface area contributed by atoms with E-state index in [1.165, 1.54) is 4.31 Å². The van der Waals surface area contributed by atoms with Gasteiger partial charge in [0, 0.05) is 0 Å². The zero-order valence-corrected chi connectivity index (χ0v) is 19.3. The molecule has 0 bridgehead atoms. The number of aryl methyl sites for hydroxylation is 2. The summed E-state index contributed by atoms with van der Waals surface area (Å²) in [6, 6.07) is 9.62. The maximum absolute atomic E-state index is 13.0. The fraction of sp³-hybridized carbons (Fsp3) is 0.409. The van der Waals surface area contributed by atoms with Crippen molar-refractivity contribution in [2.45, 2.75) is 39.8 Å². The Bertz CT molecular complexity index is 1020. The molecule has 0 aliphatic heterocycles. The highest BCUT2D eigenvalue weighted by Crippen LogP contribution is 2.30. The summed E-state index contributed by atoms with van der Waals surface area (Å²) in [4.78, 5) is 13.0. The van der Waals surface area contributed by atoms with E-state index in [2.05, 4.69) is 5.32 Å². The summed E-state index contributed by atoms with van der Waals surface area (Å²) in [6.07, 6.45) is 1.11. The van der Waals surface area contributed by atoms with Crippen LogP contribution in [-0.2, 0) is 14.8 Å². The minimum Gasteiger partial charge on any atom is -0.493 e. The van der Waals surface area contributed by atoms with E-state index >= 15 is 0 Å². The number of nitrogens with one attached hydrogen (secondary N) is 1. The van der Waals surface area contributed by atoms with Gasteiger partial charge in [0.15, 0.2) is 11.5 Å². The molecule has 0 saturated carbocycles. The Morgan fingerprint density at radius 1 is 1.00 bits per heavy atom. The van der Waals surface area contributed by atoms with Gasteiger partial charge in [0.2, 0.25) is 15.9 Å². The first-order valence-electron chi connectivity index (χ1n) is 9.58. The van der Waals surface area contributed by atoms with Crippen LogP contribution in [0.25, 0.3) is 0 Å². The third-order valence-electron chi connectivity index (χ3n) is 4.96. The third kappa shape index (κ3) is 5.24.